The Bertz CT molecular complexity index is 1260. The van der Waals surface area contributed by atoms with E-state index >= 15 is 0 Å². The first-order valence-electron chi connectivity index (χ1n) is 18.4. The van der Waals surface area contributed by atoms with Crippen LogP contribution in [-0.2, 0) is 35.1 Å². The van der Waals surface area contributed by atoms with Crippen LogP contribution in [0.5, 0.6) is 0 Å². The third kappa shape index (κ3) is 12.1. The molecule has 1 saturated heterocycles. The summed E-state index contributed by atoms with van der Waals surface area (Å²) in [6.07, 6.45) is 1.78. The van der Waals surface area contributed by atoms with Crippen molar-refractivity contribution in [2.75, 3.05) is 48.5 Å². The normalized spacial score (nSPS) is 19.5. The first kappa shape index (κ1) is 44.4. The first-order valence-corrected chi connectivity index (χ1v) is 18.7. The summed E-state index contributed by atoms with van der Waals surface area (Å²) < 4.78 is 11.9. The van der Waals surface area contributed by atoms with Crippen molar-refractivity contribution in [2.45, 2.75) is 116 Å². The molecule has 0 aliphatic carbocycles. The maximum Gasteiger partial charge on any atom is 0.246 e. The van der Waals surface area contributed by atoms with Crippen molar-refractivity contribution in [3.05, 3.63) is 34.9 Å². The van der Waals surface area contributed by atoms with Gasteiger partial charge in [-0.25, -0.2) is 0 Å². The Morgan fingerprint density at radius 2 is 1.63 bits per heavy atom. The van der Waals surface area contributed by atoms with E-state index in [0.717, 1.165) is 18.4 Å². The van der Waals surface area contributed by atoms with E-state index in [1.54, 1.807) is 33.1 Å². The van der Waals surface area contributed by atoms with Crippen LogP contribution in [-0.4, -0.2) is 129 Å². The monoisotopic (exact) mass is 736 g/mol. The molecule has 0 spiro atoms. The fraction of sp³-hybridized carbons (Fsp3) is 0.737. The Hall–Kier alpha value is -2.77. The molecule has 0 aromatic heterocycles. The van der Waals surface area contributed by atoms with Crippen molar-refractivity contribution >= 4 is 35.2 Å². The fourth-order valence-corrected chi connectivity index (χ4v) is 7.58. The summed E-state index contributed by atoms with van der Waals surface area (Å²) in [6.45, 7) is 12.5. The molecular formula is C38H65ClN6O6. The molecule has 12 nitrogen and oxygen atoms in total. The second-order valence-corrected chi connectivity index (χ2v) is 15.2. The largest absolute Gasteiger partial charge is 0.379 e. The zero-order valence-electron chi connectivity index (χ0n) is 32.8. The Morgan fingerprint density at radius 1 is 1.00 bits per heavy atom. The number of methoxy groups -OCH3 is 2. The van der Waals surface area contributed by atoms with Crippen LogP contribution in [0.3, 0.4) is 0 Å². The summed E-state index contributed by atoms with van der Waals surface area (Å²) in [4.78, 5) is 60.0. The van der Waals surface area contributed by atoms with E-state index in [2.05, 4.69) is 10.6 Å². The molecule has 0 saturated carbocycles. The summed E-state index contributed by atoms with van der Waals surface area (Å²) in [5.41, 5.74) is 7.38. The predicted molar refractivity (Wildman–Crippen MR) is 202 cm³/mol. The number of carbonyl (C=O) groups is 4. The SMILES string of the molecule is CC[C@H](C)[C@@H]([C@@H](CC(=O)N1CCC[C@H]1[C@H](OC)[C@@H](C)C(=O)NCCc1ccc(Cl)cc1)OC)N(C)C(=O)[C@@H](NC(=O)[C@H](C(C)C)N(C)C)[C@H](C)N. The zero-order valence-corrected chi connectivity index (χ0v) is 33.5. The number of nitrogens with two attached hydrogens (primary N) is 1. The summed E-state index contributed by atoms with van der Waals surface area (Å²) >= 11 is 5.99. The third-order valence-corrected chi connectivity index (χ3v) is 10.7. The molecule has 1 aromatic rings. The Labute approximate surface area is 311 Å². The average molecular weight is 737 g/mol. The number of carbonyl (C=O) groups excluding carboxylic acids is 4. The van der Waals surface area contributed by atoms with Gasteiger partial charge in [-0.1, -0.05) is 64.8 Å². The highest BCUT2D eigenvalue weighted by atomic mass is 35.5. The van der Waals surface area contributed by atoms with E-state index in [1.165, 1.54) is 0 Å². The number of ether oxygens (including phenoxy) is 2. The molecule has 1 aromatic carbocycles. The van der Waals surface area contributed by atoms with Gasteiger partial charge in [0.25, 0.3) is 0 Å². The van der Waals surface area contributed by atoms with Crippen LogP contribution in [0.2, 0.25) is 5.02 Å². The summed E-state index contributed by atoms with van der Waals surface area (Å²) in [7, 11) is 8.48. The maximum atomic E-state index is 14.1. The number of nitrogens with zero attached hydrogens (tertiary/aromatic N) is 3. The minimum absolute atomic E-state index is 0.0166. The number of hydrogen-bond acceptors (Lipinski definition) is 8. The van der Waals surface area contributed by atoms with Crippen LogP contribution in [0, 0.1) is 17.8 Å². The van der Waals surface area contributed by atoms with Crippen molar-refractivity contribution in [1.82, 2.24) is 25.3 Å². The highest BCUT2D eigenvalue weighted by Gasteiger charge is 2.43. The lowest BCUT2D eigenvalue weighted by Gasteiger charge is -2.41. The van der Waals surface area contributed by atoms with Crippen LogP contribution >= 0.6 is 11.6 Å². The highest BCUT2D eigenvalue weighted by Crippen LogP contribution is 2.29. The standard InChI is InChI=1S/C38H65ClN6O6/c1-12-24(4)34(44(9)38(49)32(26(6)40)42-37(48)33(23(2)3)43(7)8)30(50-10)22-31(46)45-21-13-14-29(45)35(51-11)25(5)36(47)41-20-19-27-15-17-28(39)18-16-27/h15-18,23-26,29-30,32-35H,12-14,19-22,40H2,1-11H3,(H,41,47)(H,42,48)/t24-,25+,26-,29-,30+,32-,33-,34-,35+/m0/s1. The van der Waals surface area contributed by atoms with Crippen LogP contribution in [0.1, 0.15) is 72.8 Å². The van der Waals surface area contributed by atoms with Gasteiger partial charge in [-0.15, -0.1) is 0 Å². The molecule has 9 atom stereocenters. The second kappa shape index (κ2) is 21.1. The lowest BCUT2D eigenvalue weighted by Crippen LogP contribution is -2.62. The van der Waals surface area contributed by atoms with E-state index in [9.17, 15) is 19.2 Å². The van der Waals surface area contributed by atoms with E-state index in [0.29, 0.717) is 31.0 Å². The van der Waals surface area contributed by atoms with Gasteiger partial charge in [0, 0.05) is 45.4 Å². The maximum absolute atomic E-state index is 14.1. The molecule has 0 bridgehead atoms. The Balaban J connectivity index is 2.21. The predicted octanol–water partition coefficient (Wildman–Crippen LogP) is 3.34. The van der Waals surface area contributed by atoms with Gasteiger partial charge in [-0.3, -0.25) is 24.1 Å². The number of halogens is 1. The lowest BCUT2D eigenvalue weighted by atomic mass is 9.89. The van der Waals surface area contributed by atoms with Crippen LogP contribution in [0.25, 0.3) is 0 Å². The summed E-state index contributed by atoms with van der Waals surface area (Å²) in [5.74, 6) is -1.39. The van der Waals surface area contributed by atoms with Gasteiger partial charge in [0.1, 0.15) is 6.04 Å². The first-order chi connectivity index (χ1) is 24.0. The molecule has 290 valence electrons. The van der Waals surface area contributed by atoms with Crippen LogP contribution < -0.4 is 16.4 Å². The number of nitrogens with one attached hydrogen (secondary N) is 2. The molecule has 4 amide bonds. The molecule has 4 N–H and O–H groups in total. The van der Waals surface area contributed by atoms with E-state index in [4.69, 9.17) is 26.8 Å². The van der Waals surface area contributed by atoms with Crippen molar-refractivity contribution < 1.29 is 28.7 Å². The Morgan fingerprint density at radius 3 is 2.14 bits per heavy atom. The molecule has 2 rings (SSSR count). The molecule has 1 aliphatic heterocycles. The minimum atomic E-state index is -0.965. The number of likely N-dealkylation sites (N-methyl/N-ethyl adjacent to an activating group) is 2. The van der Waals surface area contributed by atoms with Gasteiger partial charge in [-0.05, 0) is 69.8 Å². The summed E-state index contributed by atoms with van der Waals surface area (Å²) in [5, 5.41) is 6.60. The van der Waals surface area contributed by atoms with Crippen molar-refractivity contribution in [1.29, 1.82) is 0 Å². The summed E-state index contributed by atoms with van der Waals surface area (Å²) in [6, 6.07) is 4.70. The number of likely N-dealkylation sites (tertiary alicyclic amines) is 1. The van der Waals surface area contributed by atoms with Crippen LogP contribution in [0.4, 0.5) is 0 Å². The van der Waals surface area contributed by atoms with Crippen LogP contribution in [0.15, 0.2) is 24.3 Å². The van der Waals surface area contributed by atoms with Crippen molar-refractivity contribution in [3.8, 4) is 0 Å². The van der Waals surface area contributed by atoms with Gasteiger partial charge in [0.2, 0.25) is 23.6 Å². The Kier molecular flexibility index (Phi) is 18.3. The van der Waals surface area contributed by atoms with E-state index in [1.807, 2.05) is 82.8 Å². The molecule has 0 unspecified atom stereocenters. The van der Waals surface area contributed by atoms with Gasteiger partial charge >= 0.3 is 0 Å². The molecule has 51 heavy (non-hydrogen) atoms. The van der Waals surface area contributed by atoms with Gasteiger partial charge in [-0.2, -0.15) is 0 Å². The highest BCUT2D eigenvalue weighted by molar-refractivity contribution is 6.30. The quantitative estimate of drug-likeness (QED) is 0.185. The molecule has 0 radical (unpaired) electrons. The smallest absolute Gasteiger partial charge is 0.246 e. The zero-order chi connectivity index (χ0) is 38.6. The molecule has 1 heterocycles. The van der Waals surface area contributed by atoms with E-state index in [-0.39, 0.29) is 47.9 Å². The third-order valence-electron chi connectivity index (χ3n) is 10.4. The van der Waals surface area contributed by atoms with Crippen molar-refractivity contribution in [3.63, 3.8) is 0 Å². The number of benzene rings is 1. The molecule has 13 heteroatoms. The van der Waals surface area contributed by atoms with Gasteiger partial charge in [0.05, 0.1) is 42.7 Å². The van der Waals surface area contributed by atoms with E-state index < -0.39 is 42.3 Å². The number of amides is 4. The van der Waals surface area contributed by atoms with Gasteiger partial charge in [0.15, 0.2) is 0 Å². The molecular weight excluding hydrogens is 672 g/mol. The molecule has 1 aliphatic rings. The fourth-order valence-electron chi connectivity index (χ4n) is 7.46. The average Bonchev–Trinajstić information content (AvgIpc) is 3.56. The number of rotatable bonds is 20. The molecule has 1 fully saturated rings. The second-order valence-electron chi connectivity index (χ2n) is 14.8. The number of hydrogen-bond donors (Lipinski definition) is 3. The minimum Gasteiger partial charge on any atom is -0.379 e. The lowest BCUT2D eigenvalue weighted by molar-refractivity contribution is -0.147. The van der Waals surface area contributed by atoms with Crippen molar-refractivity contribution in [2.24, 2.45) is 23.5 Å². The van der Waals surface area contributed by atoms with Gasteiger partial charge < -0.3 is 35.6 Å². The topological polar surface area (TPSA) is 147 Å².